The van der Waals surface area contributed by atoms with E-state index in [4.69, 9.17) is 51.1 Å². The largest absolute Gasteiger partial charge is 0.364 e. The number of alkyl halides is 3. The third-order valence-corrected chi connectivity index (χ3v) is 2.86. The van der Waals surface area contributed by atoms with E-state index in [1.165, 1.54) is 0 Å². The van der Waals surface area contributed by atoms with E-state index in [-0.39, 0.29) is 0 Å². The first kappa shape index (κ1) is 11.7. The smallest absolute Gasteiger partial charge is 0.193 e. The normalized spacial score (nSPS) is 25.3. The Balaban J connectivity index is 2.20. The first-order chi connectivity index (χ1) is 6.91. The summed E-state index contributed by atoms with van der Waals surface area (Å²) in [5.41, 5.74) is 0.390. The van der Waals surface area contributed by atoms with E-state index in [1.807, 2.05) is 6.07 Å². The summed E-state index contributed by atoms with van der Waals surface area (Å²) in [5.74, 6) is 0. The van der Waals surface area contributed by atoms with E-state index in [0.717, 1.165) is 5.56 Å². The molecule has 2 rings (SSSR count). The Kier molecular flexibility index (Phi) is 3.08. The standard InChI is InChI=1S/C9H7Cl4NO/c10-7-2-1-6(3-14-7)8(5-15-8)4-9(11,12)13/h1-3H,4-5H2. The Morgan fingerprint density at radius 2 is 2.07 bits per heavy atom. The van der Waals surface area contributed by atoms with Gasteiger partial charge in [-0.15, -0.1) is 0 Å². The van der Waals surface area contributed by atoms with Crippen molar-refractivity contribution < 1.29 is 4.74 Å². The van der Waals surface area contributed by atoms with Gasteiger partial charge in [0, 0.05) is 18.2 Å². The number of nitrogens with zero attached hydrogens (tertiary/aromatic N) is 1. The molecule has 2 nitrogen and oxygen atoms in total. The molecule has 1 aromatic rings. The summed E-state index contributed by atoms with van der Waals surface area (Å²) < 4.78 is 4.04. The monoisotopic (exact) mass is 285 g/mol. The topological polar surface area (TPSA) is 25.4 Å². The molecular formula is C9H7Cl4NO. The molecule has 0 bridgehead atoms. The van der Waals surface area contributed by atoms with Crippen molar-refractivity contribution in [3.05, 3.63) is 29.0 Å². The lowest BCUT2D eigenvalue weighted by molar-refractivity contribution is 0.294. The average Bonchev–Trinajstić information content (AvgIpc) is 2.83. The van der Waals surface area contributed by atoms with Gasteiger partial charge in [0.25, 0.3) is 0 Å². The molecular weight excluding hydrogens is 280 g/mol. The number of ether oxygens (including phenoxy) is 1. The predicted molar refractivity (Wildman–Crippen MR) is 61.8 cm³/mol. The van der Waals surface area contributed by atoms with Crippen LogP contribution in [0.2, 0.25) is 5.15 Å². The van der Waals surface area contributed by atoms with Crippen LogP contribution in [0.1, 0.15) is 12.0 Å². The Labute approximate surface area is 107 Å². The molecule has 1 aromatic heterocycles. The van der Waals surface area contributed by atoms with Gasteiger partial charge in [-0.25, -0.2) is 4.98 Å². The second-order valence-corrected chi connectivity index (χ2v) is 6.35. The second-order valence-electron chi connectivity index (χ2n) is 3.44. The molecule has 1 aliphatic rings. The van der Waals surface area contributed by atoms with Crippen molar-refractivity contribution in [1.82, 2.24) is 4.98 Å². The van der Waals surface area contributed by atoms with Crippen LogP contribution in [0.5, 0.6) is 0 Å². The van der Waals surface area contributed by atoms with Crippen molar-refractivity contribution in [1.29, 1.82) is 0 Å². The molecule has 6 heteroatoms. The van der Waals surface area contributed by atoms with Gasteiger partial charge in [-0.2, -0.15) is 0 Å². The van der Waals surface area contributed by atoms with Crippen LogP contribution in [0.25, 0.3) is 0 Å². The summed E-state index contributed by atoms with van der Waals surface area (Å²) in [6, 6.07) is 3.53. The Morgan fingerprint density at radius 1 is 1.40 bits per heavy atom. The average molecular weight is 287 g/mol. The minimum Gasteiger partial charge on any atom is -0.364 e. The maximum Gasteiger partial charge on any atom is 0.193 e. The maximum absolute atomic E-state index is 5.74. The number of hydrogen-bond donors (Lipinski definition) is 0. The summed E-state index contributed by atoms with van der Waals surface area (Å²) in [7, 11) is 0. The molecule has 1 fully saturated rings. The summed E-state index contributed by atoms with van der Waals surface area (Å²) in [4.78, 5) is 3.97. The zero-order valence-electron chi connectivity index (χ0n) is 7.51. The van der Waals surface area contributed by atoms with Crippen LogP contribution in [-0.4, -0.2) is 15.4 Å². The van der Waals surface area contributed by atoms with Crippen LogP contribution in [-0.2, 0) is 10.3 Å². The first-order valence-electron chi connectivity index (χ1n) is 4.24. The fraction of sp³-hybridized carbons (Fsp3) is 0.444. The quantitative estimate of drug-likeness (QED) is 0.470. The third kappa shape index (κ3) is 2.89. The summed E-state index contributed by atoms with van der Waals surface area (Å²) in [5, 5.41) is 0.434. The van der Waals surface area contributed by atoms with Crippen molar-refractivity contribution in [2.75, 3.05) is 6.61 Å². The van der Waals surface area contributed by atoms with Crippen LogP contribution < -0.4 is 0 Å². The Hall–Kier alpha value is 0.270. The van der Waals surface area contributed by atoms with Crippen molar-refractivity contribution in [3.8, 4) is 0 Å². The minimum atomic E-state index is -1.32. The second kappa shape index (κ2) is 3.94. The molecule has 0 radical (unpaired) electrons. The van der Waals surface area contributed by atoms with Crippen LogP contribution in [0.3, 0.4) is 0 Å². The summed E-state index contributed by atoms with van der Waals surface area (Å²) in [6.07, 6.45) is 1.96. The molecule has 0 saturated carbocycles. The van der Waals surface area contributed by atoms with Crippen molar-refractivity contribution in [2.24, 2.45) is 0 Å². The Bertz CT molecular complexity index is 355. The van der Waals surface area contributed by atoms with E-state index < -0.39 is 9.39 Å². The zero-order chi connectivity index (χ0) is 11.1. The van der Waals surface area contributed by atoms with E-state index >= 15 is 0 Å². The highest BCUT2D eigenvalue weighted by atomic mass is 35.6. The van der Waals surface area contributed by atoms with Crippen molar-refractivity contribution in [2.45, 2.75) is 15.8 Å². The number of epoxide rings is 1. The van der Waals surface area contributed by atoms with E-state index in [1.54, 1.807) is 12.3 Å². The number of aromatic nitrogens is 1. The SMILES string of the molecule is Clc1ccc(C2(CC(Cl)(Cl)Cl)CO2)cn1. The lowest BCUT2D eigenvalue weighted by Gasteiger charge is -2.17. The van der Waals surface area contributed by atoms with Crippen LogP contribution in [0, 0.1) is 0 Å². The van der Waals surface area contributed by atoms with Gasteiger partial charge in [0.15, 0.2) is 3.79 Å². The highest BCUT2D eigenvalue weighted by Gasteiger charge is 2.51. The van der Waals surface area contributed by atoms with Crippen LogP contribution in [0.4, 0.5) is 0 Å². The fourth-order valence-electron chi connectivity index (χ4n) is 1.43. The van der Waals surface area contributed by atoms with Crippen molar-refractivity contribution >= 4 is 46.4 Å². The van der Waals surface area contributed by atoms with Gasteiger partial charge in [-0.1, -0.05) is 52.5 Å². The van der Waals surface area contributed by atoms with Gasteiger partial charge < -0.3 is 4.74 Å². The maximum atomic E-state index is 5.74. The molecule has 0 aliphatic carbocycles. The lowest BCUT2D eigenvalue weighted by Crippen LogP contribution is -2.18. The molecule has 1 unspecified atom stereocenters. The molecule has 15 heavy (non-hydrogen) atoms. The van der Waals surface area contributed by atoms with Crippen LogP contribution >= 0.6 is 46.4 Å². The number of rotatable bonds is 2. The van der Waals surface area contributed by atoms with Crippen molar-refractivity contribution in [3.63, 3.8) is 0 Å². The molecule has 1 saturated heterocycles. The van der Waals surface area contributed by atoms with E-state index in [0.29, 0.717) is 18.2 Å². The molecule has 0 aromatic carbocycles. The third-order valence-electron chi connectivity index (χ3n) is 2.23. The van der Waals surface area contributed by atoms with Crippen LogP contribution in [0.15, 0.2) is 18.3 Å². The van der Waals surface area contributed by atoms with E-state index in [2.05, 4.69) is 4.98 Å². The first-order valence-corrected chi connectivity index (χ1v) is 5.75. The summed E-state index contributed by atoms with van der Waals surface area (Å²) in [6.45, 7) is 0.546. The van der Waals surface area contributed by atoms with Gasteiger partial charge in [-0.05, 0) is 6.07 Å². The lowest BCUT2D eigenvalue weighted by atomic mass is 9.99. The highest BCUT2D eigenvalue weighted by molar-refractivity contribution is 6.67. The van der Waals surface area contributed by atoms with E-state index in [9.17, 15) is 0 Å². The molecule has 82 valence electrons. The van der Waals surface area contributed by atoms with Gasteiger partial charge in [0.05, 0.1) is 6.61 Å². The van der Waals surface area contributed by atoms with Gasteiger partial charge in [-0.3, -0.25) is 0 Å². The molecule has 2 heterocycles. The molecule has 1 aliphatic heterocycles. The van der Waals surface area contributed by atoms with Gasteiger partial charge in [0.1, 0.15) is 10.8 Å². The number of pyridine rings is 1. The van der Waals surface area contributed by atoms with Gasteiger partial charge in [0.2, 0.25) is 0 Å². The molecule has 0 spiro atoms. The Morgan fingerprint density at radius 3 is 2.47 bits per heavy atom. The molecule has 0 N–H and O–H groups in total. The predicted octanol–water partition coefficient (Wildman–Crippen LogP) is 3.72. The highest BCUT2D eigenvalue weighted by Crippen LogP contribution is 2.49. The molecule has 0 amide bonds. The minimum absolute atomic E-state index is 0.313. The number of hydrogen-bond acceptors (Lipinski definition) is 2. The van der Waals surface area contributed by atoms with Gasteiger partial charge >= 0.3 is 0 Å². The number of halogens is 4. The summed E-state index contributed by atoms with van der Waals surface area (Å²) >= 11 is 22.9. The zero-order valence-corrected chi connectivity index (χ0v) is 10.5. The fourth-order valence-corrected chi connectivity index (χ4v) is 2.19. The molecule has 1 atom stereocenters.